The van der Waals surface area contributed by atoms with Gasteiger partial charge in [-0.2, -0.15) is 4.98 Å². The van der Waals surface area contributed by atoms with Crippen molar-refractivity contribution in [2.24, 2.45) is 0 Å². The van der Waals surface area contributed by atoms with Crippen LogP contribution in [0.3, 0.4) is 0 Å². The van der Waals surface area contributed by atoms with Crippen LogP contribution in [0.5, 0.6) is 0 Å². The highest BCUT2D eigenvalue weighted by molar-refractivity contribution is 5.95. The van der Waals surface area contributed by atoms with Crippen LogP contribution in [0.15, 0.2) is 29.1 Å². The maximum Gasteiger partial charge on any atom is 0.345 e. The second kappa shape index (κ2) is 6.88. The van der Waals surface area contributed by atoms with Crippen LogP contribution in [0.1, 0.15) is 41.4 Å². The lowest BCUT2D eigenvalue weighted by Crippen LogP contribution is -2.35. The second-order valence-electron chi connectivity index (χ2n) is 6.19. The number of carbonyl (C=O) groups excluding carboxylic acids is 2. The van der Waals surface area contributed by atoms with E-state index in [-0.39, 0.29) is 36.4 Å². The SMILES string of the molecule is Cc1nc(=O)[nH]c(C)c1CCC(=O)NC1CC(=O)Nc2ccccc21. The third-order valence-electron chi connectivity index (χ3n) is 4.39. The highest BCUT2D eigenvalue weighted by Gasteiger charge is 2.25. The predicted molar refractivity (Wildman–Crippen MR) is 93.2 cm³/mol. The minimum absolute atomic E-state index is 0.111. The molecule has 1 aromatic carbocycles. The first-order valence-electron chi connectivity index (χ1n) is 8.18. The quantitative estimate of drug-likeness (QED) is 0.785. The summed E-state index contributed by atoms with van der Waals surface area (Å²) in [4.78, 5) is 42.0. The summed E-state index contributed by atoms with van der Waals surface area (Å²) in [5.41, 5.74) is 3.50. The molecule has 7 heteroatoms. The Morgan fingerprint density at radius 2 is 2.04 bits per heavy atom. The molecule has 1 aliphatic heterocycles. The Bertz CT molecular complexity index is 862. The van der Waals surface area contributed by atoms with Gasteiger partial charge in [0.25, 0.3) is 0 Å². The molecule has 7 nitrogen and oxygen atoms in total. The molecule has 1 unspecified atom stereocenters. The molecule has 1 atom stereocenters. The number of benzene rings is 1. The van der Waals surface area contributed by atoms with Crippen LogP contribution in [0.25, 0.3) is 0 Å². The van der Waals surface area contributed by atoms with Crippen LogP contribution in [-0.2, 0) is 16.0 Å². The minimum atomic E-state index is -0.381. The van der Waals surface area contributed by atoms with Crippen molar-refractivity contribution in [2.75, 3.05) is 5.32 Å². The largest absolute Gasteiger partial charge is 0.349 e. The lowest BCUT2D eigenvalue weighted by atomic mass is 9.97. The van der Waals surface area contributed by atoms with Crippen LogP contribution in [0.2, 0.25) is 0 Å². The number of H-pyrrole nitrogens is 1. The zero-order chi connectivity index (χ0) is 18.0. The molecular formula is C18H20N4O3. The molecule has 3 N–H and O–H groups in total. The topological polar surface area (TPSA) is 104 Å². The Kier molecular flexibility index (Phi) is 4.65. The second-order valence-corrected chi connectivity index (χ2v) is 6.19. The summed E-state index contributed by atoms with van der Waals surface area (Å²) in [5, 5.41) is 5.74. The molecule has 1 aliphatic rings. The normalized spacial score (nSPS) is 16.1. The summed E-state index contributed by atoms with van der Waals surface area (Å²) in [6, 6.07) is 7.13. The molecule has 0 saturated carbocycles. The number of aromatic amines is 1. The maximum atomic E-state index is 12.4. The number of carbonyl (C=O) groups is 2. The number of anilines is 1. The number of aromatic nitrogens is 2. The first-order chi connectivity index (χ1) is 11.9. The van der Waals surface area contributed by atoms with Crippen molar-refractivity contribution >= 4 is 17.5 Å². The Hall–Kier alpha value is -2.96. The van der Waals surface area contributed by atoms with Crippen molar-refractivity contribution in [1.82, 2.24) is 15.3 Å². The zero-order valence-electron chi connectivity index (χ0n) is 14.2. The van der Waals surface area contributed by atoms with Crippen molar-refractivity contribution < 1.29 is 9.59 Å². The van der Waals surface area contributed by atoms with Crippen molar-refractivity contribution in [3.63, 3.8) is 0 Å². The number of fused-ring (bicyclic) bond motifs is 1. The van der Waals surface area contributed by atoms with Gasteiger partial charge in [0.05, 0.1) is 12.5 Å². The first kappa shape index (κ1) is 16.9. The van der Waals surface area contributed by atoms with Crippen molar-refractivity contribution in [1.29, 1.82) is 0 Å². The fourth-order valence-electron chi connectivity index (χ4n) is 3.17. The van der Waals surface area contributed by atoms with Crippen molar-refractivity contribution in [3.8, 4) is 0 Å². The average molecular weight is 340 g/mol. The van der Waals surface area contributed by atoms with Gasteiger partial charge in [-0.1, -0.05) is 18.2 Å². The molecule has 25 heavy (non-hydrogen) atoms. The summed E-state index contributed by atoms with van der Waals surface area (Å²) in [7, 11) is 0. The van der Waals surface area contributed by atoms with Crippen LogP contribution in [-0.4, -0.2) is 21.8 Å². The van der Waals surface area contributed by atoms with Gasteiger partial charge < -0.3 is 15.6 Å². The Labute approximate surface area is 144 Å². The molecule has 130 valence electrons. The summed E-state index contributed by atoms with van der Waals surface area (Å²) in [5.74, 6) is -0.250. The van der Waals surface area contributed by atoms with Gasteiger partial charge in [0.2, 0.25) is 11.8 Å². The number of nitrogens with zero attached hydrogens (tertiary/aromatic N) is 1. The van der Waals surface area contributed by atoms with E-state index in [0.29, 0.717) is 12.1 Å². The van der Waals surface area contributed by atoms with E-state index in [4.69, 9.17) is 0 Å². The monoisotopic (exact) mass is 340 g/mol. The van der Waals surface area contributed by atoms with E-state index in [1.165, 1.54) is 0 Å². The summed E-state index contributed by atoms with van der Waals surface area (Å²) in [6.07, 6.45) is 0.963. The molecule has 2 heterocycles. The fraction of sp³-hybridized carbons (Fsp3) is 0.333. The minimum Gasteiger partial charge on any atom is -0.349 e. The number of rotatable bonds is 4. The van der Waals surface area contributed by atoms with E-state index in [1.807, 2.05) is 24.3 Å². The number of aryl methyl sites for hydroxylation is 2. The van der Waals surface area contributed by atoms with Gasteiger partial charge in [0.15, 0.2) is 0 Å². The Morgan fingerprint density at radius 1 is 1.28 bits per heavy atom. The van der Waals surface area contributed by atoms with E-state index in [2.05, 4.69) is 20.6 Å². The molecule has 0 aliphatic carbocycles. The van der Waals surface area contributed by atoms with Crippen LogP contribution < -0.4 is 16.3 Å². The summed E-state index contributed by atoms with van der Waals surface area (Å²) < 4.78 is 0. The molecule has 1 aromatic heterocycles. The molecule has 0 saturated heterocycles. The summed E-state index contributed by atoms with van der Waals surface area (Å²) >= 11 is 0. The third kappa shape index (κ3) is 3.76. The first-order valence-corrected chi connectivity index (χ1v) is 8.18. The molecule has 2 amide bonds. The lowest BCUT2D eigenvalue weighted by Gasteiger charge is -2.26. The van der Waals surface area contributed by atoms with E-state index >= 15 is 0 Å². The van der Waals surface area contributed by atoms with E-state index in [9.17, 15) is 14.4 Å². The van der Waals surface area contributed by atoms with Gasteiger partial charge in [0.1, 0.15) is 0 Å². The van der Waals surface area contributed by atoms with Crippen LogP contribution >= 0.6 is 0 Å². The molecule has 0 fully saturated rings. The van der Waals surface area contributed by atoms with Crippen LogP contribution in [0.4, 0.5) is 5.69 Å². The van der Waals surface area contributed by atoms with Gasteiger partial charge in [-0.3, -0.25) is 9.59 Å². The number of hydrogen-bond acceptors (Lipinski definition) is 4. The van der Waals surface area contributed by atoms with Crippen LogP contribution in [0, 0.1) is 13.8 Å². The third-order valence-corrected chi connectivity index (χ3v) is 4.39. The van der Waals surface area contributed by atoms with Gasteiger partial charge in [-0.25, -0.2) is 4.79 Å². The van der Waals surface area contributed by atoms with Gasteiger partial charge in [-0.15, -0.1) is 0 Å². The van der Waals surface area contributed by atoms with Gasteiger partial charge in [-0.05, 0) is 37.5 Å². The average Bonchev–Trinajstić information content (AvgIpc) is 2.53. The van der Waals surface area contributed by atoms with E-state index < -0.39 is 0 Å². The van der Waals surface area contributed by atoms with Gasteiger partial charge in [0, 0.05) is 23.5 Å². The number of para-hydroxylation sites is 1. The van der Waals surface area contributed by atoms with E-state index in [1.54, 1.807) is 13.8 Å². The predicted octanol–water partition coefficient (Wildman–Crippen LogP) is 1.52. The molecule has 3 rings (SSSR count). The maximum absolute atomic E-state index is 12.4. The van der Waals surface area contributed by atoms with Crippen molar-refractivity contribution in [2.45, 2.75) is 39.2 Å². The Balaban J connectivity index is 1.68. The standard InChI is InChI=1S/C18H20N4O3/c1-10-12(11(2)20-18(25)19-10)7-8-16(23)22-15-9-17(24)21-14-6-4-3-5-13(14)15/h3-6,15H,7-9H2,1-2H3,(H,21,24)(H,22,23)(H,19,20,25). The molecule has 0 spiro atoms. The van der Waals surface area contributed by atoms with Crippen molar-refractivity contribution in [3.05, 3.63) is 57.3 Å². The fourth-order valence-corrected chi connectivity index (χ4v) is 3.17. The molecule has 0 radical (unpaired) electrons. The highest BCUT2D eigenvalue weighted by Crippen LogP contribution is 2.30. The zero-order valence-corrected chi connectivity index (χ0v) is 14.2. The van der Waals surface area contributed by atoms with Gasteiger partial charge >= 0.3 is 5.69 Å². The molecule has 2 aromatic rings. The highest BCUT2D eigenvalue weighted by atomic mass is 16.2. The summed E-state index contributed by atoms with van der Waals surface area (Å²) in [6.45, 7) is 3.56. The Morgan fingerprint density at radius 3 is 2.80 bits per heavy atom. The number of hydrogen-bond donors (Lipinski definition) is 3. The number of amides is 2. The lowest BCUT2D eigenvalue weighted by molar-refractivity contribution is -0.122. The molecule has 0 bridgehead atoms. The smallest absolute Gasteiger partial charge is 0.345 e. The molecular weight excluding hydrogens is 320 g/mol. The number of nitrogens with one attached hydrogen (secondary N) is 3. The van der Waals surface area contributed by atoms with E-state index in [0.717, 1.165) is 22.5 Å².